The number of rotatable bonds is 7. The van der Waals surface area contributed by atoms with Crippen LogP contribution in [0.5, 0.6) is 0 Å². The number of fused-ring (bicyclic) bond motifs is 2. The lowest BCUT2D eigenvalue weighted by Gasteiger charge is -2.30. The van der Waals surface area contributed by atoms with Gasteiger partial charge in [-0.15, -0.1) is 5.48 Å². The Kier molecular flexibility index (Phi) is 14.7. The van der Waals surface area contributed by atoms with E-state index in [1.165, 1.54) is 45.4 Å². The predicted molar refractivity (Wildman–Crippen MR) is 183 cm³/mol. The molecule has 1 aliphatic carbocycles. The summed E-state index contributed by atoms with van der Waals surface area (Å²) in [5.74, 6) is -3.56. The zero-order chi connectivity index (χ0) is 36.4. The summed E-state index contributed by atoms with van der Waals surface area (Å²) in [4.78, 5) is 69.6. The minimum Gasteiger partial charge on any atom is -0.390 e. The van der Waals surface area contributed by atoms with E-state index in [1.807, 2.05) is 6.92 Å². The number of halogens is 2. The van der Waals surface area contributed by atoms with Gasteiger partial charge in [0.15, 0.2) is 0 Å². The van der Waals surface area contributed by atoms with Crippen LogP contribution in [-0.4, -0.2) is 73.5 Å². The summed E-state index contributed by atoms with van der Waals surface area (Å²) in [6, 6.07) is 3.52. The van der Waals surface area contributed by atoms with Crippen LogP contribution in [0.3, 0.4) is 0 Å². The molecule has 0 saturated carbocycles. The largest absolute Gasteiger partial charge is 0.390 e. The lowest BCUT2D eigenvalue weighted by atomic mass is 9.85. The van der Waals surface area contributed by atoms with Gasteiger partial charge < -0.3 is 30.1 Å². The Balaban J connectivity index is 2.09. The Bertz CT molecular complexity index is 1590. The Morgan fingerprint density at radius 3 is 2.35 bits per heavy atom. The molecule has 0 spiro atoms. The number of nitrogens with one attached hydrogen (secondary N) is 3. The van der Waals surface area contributed by atoms with E-state index < -0.39 is 53.7 Å². The first-order chi connectivity index (χ1) is 23.2. The van der Waals surface area contributed by atoms with Crippen molar-refractivity contribution in [2.45, 2.75) is 64.9 Å². The van der Waals surface area contributed by atoms with Gasteiger partial charge in [-0.1, -0.05) is 66.9 Å². The van der Waals surface area contributed by atoms with E-state index in [4.69, 9.17) is 37.5 Å². The average molecular weight is 719 g/mol. The number of hydrogen-bond acceptors (Lipinski definition) is 10. The summed E-state index contributed by atoms with van der Waals surface area (Å²) >= 11 is 12.1. The molecule has 12 nitrogen and oxygen atoms in total. The summed E-state index contributed by atoms with van der Waals surface area (Å²) < 4.78 is 11.3. The molecule has 14 heteroatoms. The number of ether oxygens (including phenoxy) is 2. The molecule has 264 valence electrons. The lowest BCUT2D eigenvalue weighted by molar-refractivity contribution is -0.138. The number of amides is 2. The summed E-state index contributed by atoms with van der Waals surface area (Å²) in [6.45, 7) is 7.15. The molecule has 1 aromatic carbocycles. The van der Waals surface area contributed by atoms with E-state index in [0.717, 1.165) is 6.08 Å². The second-order valence-electron chi connectivity index (χ2n) is 12.0. The van der Waals surface area contributed by atoms with E-state index in [9.17, 15) is 29.1 Å². The number of ketones is 2. The fourth-order valence-electron chi connectivity index (χ4n) is 5.60. The van der Waals surface area contributed by atoms with E-state index in [-0.39, 0.29) is 63.4 Å². The van der Waals surface area contributed by atoms with Gasteiger partial charge in [0.25, 0.3) is 11.8 Å². The number of allylic oxidation sites excluding steroid dienone is 4. The Labute approximate surface area is 295 Å². The first kappa shape index (κ1) is 39.5. The summed E-state index contributed by atoms with van der Waals surface area (Å²) in [6.07, 6.45) is 5.26. The number of benzene rings is 1. The lowest BCUT2D eigenvalue weighted by Crippen LogP contribution is -2.41. The van der Waals surface area contributed by atoms with Crippen LogP contribution >= 0.6 is 23.2 Å². The highest BCUT2D eigenvalue weighted by Gasteiger charge is 2.34. The van der Waals surface area contributed by atoms with Gasteiger partial charge >= 0.3 is 6.47 Å². The summed E-state index contributed by atoms with van der Waals surface area (Å²) in [5, 5.41) is 16.8. The van der Waals surface area contributed by atoms with Crippen molar-refractivity contribution in [3.05, 3.63) is 92.3 Å². The number of carbonyl (C=O) groups excluding carboxylic acids is 5. The van der Waals surface area contributed by atoms with E-state index in [0.29, 0.717) is 5.57 Å². The highest BCUT2D eigenvalue weighted by molar-refractivity contribution is 6.35. The number of hydrogen-bond donors (Lipinski definition) is 4. The summed E-state index contributed by atoms with van der Waals surface area (Å²) in [7, 11) is 2.91. The second kappa shape index (κ2) is 18.2. The molecule has 0 aromatic heterocycles. The fourth-order valence-corrected chi connectivity index (χ4v) is 6.13. The minimum absolute atomic E-state index is 0.0123. The van der Waals surface area contributed by atoms with Crippen molar-refractivity contribution in [3.8, 4) is 0 Å². The van der Waals surface area contributed by atoms with Gasteiger partial charge in [-0.05, 0) is 50.8 Å². The number of methoxy groups -OCH3 is 2. The van der Waals surface area contributed by atoms with Gasteiger partial charge in [0.2, 0.25) is 11.6 Å². The maximum atomic E-state index is 13.9. The highest BCUT2D eigenvalue weighted by atomic mass is 35.5. The van der Waals surface area contributed by atoms with Crippen LogP contribution in [0.15, 0.2) is 76.7 Å². The third-order valence-corrected chi connectivity index (χ3v) is 8.67. The van der Waals surface area contributed by atoms with Crippen molar-refractivity contribution in [1.29, 1.82) is 0 Å². The summed E-state index contributed by atoms with van der Waals surface area (Å²) in [5.41, 5.74) is 3.05. The van der Waals surface area contributed by atoms with Crippen LogP contribution in [0.2, 0.25) is 10.0 Å². The highest BCUT2D eigenvalue weighted by Crippen LogP contribution is 2.29. The number of hydroxylamine groups is 1. The minimum atomic E-state index is -1.02. The van der Waals surface area contributed by atoms with E-state index in [2.05, 4.69) is 16.1 Å². The molecule has 49 heavy (non-hydrogen) atoms. The maximum Gasteiger partial charge on any atom is 0.312 e. The molecular weight excluding hydrogens is 677 g/mol. The normalized spacial score (nSPS) is 28.8. The zero-order valence-electron chi connectivity index (χ0n) is 28.0. The molecule has 2 amide bonds. The van der Waals surface area contributed by atoms with Crippen molar-refractivity contribution in [1.82, 2.24) is 16.1 Å². The maximum absolute atomic E-state index is 13.9. The van der Waals surface area contributed by atoms with E-state index in [1.54, 1.807) is 32.1 Å². The Hall–Kier alpha value is -3.91. The van der Waals surface area contributed by atoms with Crippen LogP contribution in [0.4, 0.5) is 0 Å². The van der Waals surface area contributed by atoms with Crippen LogP contribution in [0.25, 0.3) is 0 Å². The van der Waals surface area contributed by atoms with Crippen molar-refractivity contribution in [2.24, 2.45) is 11.8 Å². The molecule has 0 fully saturated rings. The third-order valence-electron chi connectivity index (χ3n) is 8.23. The van der Waals surface area contributed by atoms with Gasteiger partial charge in [-0.2, -0.15) is 0 Å². The SMILES string of the molecule is CO[C@H]1/C=C\C=C(/C)C(=O)NC2=CC(=O)C(NC(=O)c3cc(Cl)cc(Cl)c3)=C(C[C@@H](C)C[C@H](OC)[C@H](O)[C@@H](C)/C=C(\C)[C@@H]1NOC=O)C2=O. The Morgan fingerprint density at radius 1 is 1.06 bits per heavy atom. The predicted octanol–water partition coefficient (Wildman–Crippen LogP) is 4.08. The molecule has 0 saturated heterocycles. The second-order valence-corrected chi connectivity index (χ2v) is 12.9. The monoisotopic (exact) mass is 717 g/mol. The molecule has 4 N–H and O–H groups in total. The van der Waals surface area contributed by atoms with Crippen LogP contribution in [0.1, 0.15) is 50.9 Å². The van der Waals surface area contributed by atoms with Crippen LogP contribution < -0.4 is 16.1 Å². The molecule has 3 rings (SSSR count). The average Bonchev–Trinajstić information content (AvgIpc) is 3.05. The number of Topliss-reactive ketones (excluding diaryl/α,β-unsaturated/α-hetero) is 1. The smallest absolute Gasteiger partial charge is 0.312 e. The first-order valence-corrected chi connectivity index (χ1v) is 16.2. The molecular formula is C35H41Cl2N3O9. The quantitative estimate of drug-likeness (QED) is 0.140. The van der Waals surface area contributed by atoms with E-state index >= 15 is 0 Å². The molecule has 1 heterocycles. The number of aliphatic hydroxyl groups excluding tert-OH is 1. The fraction of sp³-hybridized carbons (Fsp3) is 0.400. The zero-order valence-corrected chi connectivity index (χ0v) is 29.6. The number of aliphatic hydroxyl groups is 1. The van der Waals surface area contributed by atoms with Crippen molar-refractivity contribution in [2.75, 3.05) is 14.2 Å². The molecule has 2 bridgehead atoms. The Morgan fingerprint density at radius 2 is 1.73 bits per heavy atom. The number of carbonyl (C=O) groups is 5. The van der Waals surface area contributed by atoms with Crippen molar-refractivity contribution in [3.63, 3.8) is 0 Å². The van der Waals surface area contributed by atoms with Crippen LogP contribution in [-0.2, 0) is 33.5 Å². The first-order valence-electron chi connectivity index (χ1n) is 15.4. The molecule has 2 aliphatic rings. The molecule has 1 aliphatic heterocycles. The van der Waals surface area contributed by atoms with Crippen LogP contribution in [0, 0.1) is 11.8 Å². The molecule has 0 radical (unpaired) electrons. The van der Waals surface area contributed by atoms with Gasteiger partial charge in [0.05, 0.1) is 35.7 Å². The molecule has 0 unspecified atom stereocenters. The van der Waals surface area contributed by atoms with Gasteiger partial charge in [0.1, 0.15) is 0 Å². The van der Waals surface area contributed by atoms with Crippen molar-refractivity contribution < 1.29 is 43.4 Å². The van der Waals surface area contributed by atoms with Gasteiger partial charge in [0, 0.05) is 53.0 Å². The topological polar surface area (TPSA) is 169 Å². The standard InChI is InChI=1S/C35H41Cl2N3O9/c1-18-10-25-31(39-35(46)22-13-23(36)15-24(37)14-22)27(42)16-26(33(25)44)38-34(45)19(2)8-7-9-28(47-5)30(40-49-17-41)20(3)12-21(4)32(43)29(11-18)48-6/h7-9,12-18,21,28-30,32,40,43H,10-11H2,1-6H3,(H,38,45)(H,39,46)/b9-7-,19-8+,20-12+/t18-,21+,28+,29+,30+,32-/m1/s1. The third kappa shape index (κ3) is 10.5. The van der Waals surface area contributed by atoms with Crippen molar-refractivity contribution >= 4 is 53.1 Å². The van der Waals surface area contributed by atoms with Gasteiger partial charge in [-0.3, -0.25) is 24.0 Å². The van der Waals surface area contributed by atoms with Gasteiger partial charge in [-0.25, -0.2) is 0 Å². The molecule has 1 aromatic rings. The molecule has 6 atom stereocenters.